The Kier molecular flexibility index (Phi) is 5.57. The third-order valence-corrected chi connectivity index (χ3v) is 13.3. The van der Waals surface area contributed by atoms with E-state index in [-0.39, 0.29) is 17.5 Å². The first-order valence-corrected chi connectivity index (χ1v) is 14.6. The fourth-order valence-corrected chi connectivity index (χ4v) is 11.8. The molecule has 0 amide bonds. The second kappa shape index (κ2) is 7.61. The zero-order chi connectivity index (χ0) is 24.9. The maximum absolute atomic E-state index is 11.9. The largest absolute Gasteiger partial charge is 0.462 e. The Bertz CT molecular complexity index is 885. The minimum Gasteiger partial charge on any atom is -0.462 e. The van der Waals surface area contributed by atoms with Crippen molar-refractivity contribution in [2.24, 2.45) is 56.7 Å². The highest BCUT2D eigenvalue weighted by atomic mass is 16.5. The summed E-state index contributed by atoms with van der Waals surface area (Å²) >= 11 is 0. The molecule has 192 valence electrons. The summed E-state index contributed by atoms with van der Waals surface area (Å²) in [6.45, 7) is 22.1. The number of hydrogen-bond donors (Lipinski definition) is 0. The van der Waals surface area contributed by atoms with Gasteiger partial charge in [0, 0.05) is 12.3 Å². The van der Waals surface area contributed by atoms with E-state index in [1.807, 2.05) is 5.57 Å². The normalized spacial score (nSPS) is 54.0. The van der Waals surface area contributed by atoms with Gasteiger partial charge >= 0.3 is 5.97 Å². The van der Waals surface area contributed by atoms with Gasteiger partial charge in [0.15, 0.2) is 0 Å². The lowest BCUT2D eigenvalue weighted by molar-refractivity contribution is -0.199. The molecule has 0 aromatic rings. The Morgan fingerprint density at radius 1 is 0.853 bits per heavy atom. The first-order valence-electron chi connectivity index (χ1n) is 14.6. The number of carbonyl (C=O) groups is 1. The Labute approximate surface area is 210 Å². The summed E-state index contributed by atoms with van der Waals surface area (Å²) < 4.78 is 5.91. The number of fused-ring (bicyclic) bond motifs is 7. The first-order chi connectivity index (χ1) is 15.7. The molecule has 5 aliphatic rings. The van der Waals surface area contributed by atoms with Crippen LogP contribution in [-0.4, -0.2) is 12.1 Å². The van der Waals surface area contributed by atoms with Crippen LogP contribution in [0, 0.1) is 56.7 Å². The maximum atomic E-state index is 11.9. The lowest BCUT2D eigenvalue weighted by Crippen LogP contribution is -2.63. The van der Waals surface area contributed by atoms with Crippen LogP contribution in [0.4, 0.5) is 0 Å². The predicted molar refractivity (Wildman–Crippen MR) is 140 cm³/mol. The van der Waals surface area contributed by atoms with Gasteiger partial charge in [-0.25, -0.2) is 0 Å². The highest BCUT2D eigenvalue weighted by molar-refractivity contribution is 5.66. The first kappa shape index (κ1) is 24.9. The van der Waals surface area contributed by atoms with Gasteiger partial charge in [-0.15, -0.1) is 0 Å². The van der Waals surface area contributed by atoms with Gasteiger partial charge in [-0.1, -0.05) is 67.0 Å². The van der Waals surface area contributed by atoms with E-state index in [2.05, 4.69) is 61.5 Å². The van der Waals surface area contributed by atoms with E-state index >= 15 is 0 Å². The second-order valence-electron chi connectivity index (χ2n) is 15.3. The minimum atomic E-state index is -0.109. The molecule has 0 radical (unpaired) electrons. The fraction of sp³-hybridized carbons (Fsp3) is 0.906. The van der Waals surface area contributed by atoms with E-state index < -0.39 is 0 Å². The molecule has 5 rings (SSSR count). The zero-order valence-electron chi connectivity index (χ0n) is 23.7. The minimum absolute atomic E-state index is 0.0492. The van der Waals surface area contributed by atoms with Crippen LogP contribution < -0.4 is 0 Å². The van der Waals surface area contributed by atoms with Crippen LogP contribution in [0.5, 0.6) is 0 Å². The van der Waals surface area contributed by atoms with Gasteiger partial charge in [-0.05, 0) is 109 Å². The summed E-state index contributed by atoms with van der Waals surface area (Å²) in [7, 11) is 0. The number of carbonyl (C=O) groups excluding carboxylic acids is 1. The molecule has 0 aromatic heterocycles. The van der Waals surface area contributed by atoms with Gasteiger partial charge in [0.25, 0.3) is 0 Å². The molecule has 0 saturated heterocycles. The lowest BCUT2D eigenvalue weighted by Gasteiger charge is -2.70. The van der Waals surface area contributed by atoms with Crippen molar-refractivity contribution in [3.63, 3.8) is 0 Å². The van der Waals surface area contributed by atoms with Crippen LogP contribution in [0.15, 0.2) is 11.6 Å². The van der Waals surface area contributed by atoms with E-state index in [9.17, 15) is 4.79 Å². The molecular weight excluding hydrogens is 416 g/mol. The van der Waals surface area contributed by atoms with Crippen molar-refractivity contribution < 1.29 is 9.53 Å². The molecule has 34 heavy (non-hydrogen) atoms. The van der Waals surface area contributed by atoms with Crippen molar-refractivity contribution in [2.45, 2.75) is 126 Å². The summed E-state index contributed by atoms with van der Waals surface area (Å²) in [6.07, 6.45) is 14.5. The molecule has 0 aromatic carbocycles. The summed E-state index contributed by atoms with van der Waals surface area (Å²) in [4.78, 5) is 11.9. The highest BCUT2D eigenvalue weighted by Gasteiger charge is 2.67. The van der Waals surface area contributed by atoms with E-state index in [1.165, 1.54) is 51.4 Å². The standard InChI is InChI=1S/C32H52O2/c1-20-10-15-29(6)16-11-25-31(8)17-12-23-28(4,5)26(34-22(3)33)14-19-30(23,7)24(31)13-18-32(25,9)27(29)21(20)2/h11,20-21,23-24,26-27H,10,12-19H2,1-9H3/t20-,21+,23+,24-,26+,27-,29-,30+,31-,32-/m1/s1. The smallest absolute Gasteiger partial charge is 0.302 e. The van der Waals surface area contributed by atoms with Crippen molar-refractivity contribution >= 4 is 5.97 Å². The van der Waals surface area contributed by atoms with E-state index in [0.29, 0.717) is 27.6 Å². The Morgan fingerprint density at radius 2 is 1.50 bits per heavy atom. The van der Waals surface area contributed by atoms with Crippen LogP contribution in [0.1, 0.15) is 120 Å². The number of rotatable bonds is 1. The molecule has 5 aliphatic carbocycles. The fourth-order valence-electron chi connectivity index (χ4n) is 11.8. The summed E-state index contributed by atoms with van der Waals surface area (Å²) in [5.41, 5.74) is 3.41. The lowest BCUT2D eigenvalue weighted by atomic mass is 9.34. The number of esters is 1. The van der Waals surface area contributed by atoms with Crippen LogP contribution in [0.3, 0.4) is 0 Å². The van der Waals surface area contributed by atoms with Crippen molar-refractivity contribution in [2.75, 3.05) is 0 Å². The number of hydrogen-bond acceptors (Lipinski definition) is 2. The Morgan fingerprint density at radius 3 is 2.18 bits per heavy atom. The van der Waals surface area contributed by atoms with Crippen LogP contribution in [0.2, 0.25) is 0 Å². The summed E-state index contributed by atoms with van der Waals surface area (Å²) in [5, 5.41) is 0. The molecular formula is C32H52O2. The van der Waals surface area contributed by atoms with Gasteiger partial charge in [0.2, 0.25) is 0 Å². The third-order valence-electron chi connectivity index (χ3n) is 13.3. The van der Waals surface area contributed by atoms with Crippen LogP contribution >= 0.6 is 0 Å². The average Bonchev–Trinajstić information content (AvgIpc) is 2.72. The monoisotopic (exact) mass is 468 g/mol. The second-order valence-corrected chi connectivity index (χ2v) is 15.3. The van der Waals surface area contributed by atoms with Crippen LogP contribution in [0.25, 0.3) is 0 Å². The molecule has 0 N–H and O–H groups in total. The summed E-state index contributed by atoms with van der Waals surface area (Å²) in [5.74, 6) is 3.76. The Hall–Kier alpha value is -0.790. The molecule has 0 aliphatic heterocycles. The van der Waals surface area contributed by atoms with Gasteiger partial charge in [-0.3, -0.25) is 4.79 Å². The van der Waals surface area contributed by atoms with Gasteiger partial charge < -0.3 is 4.74 Å². The highest BCUT2D eigenvalue weighted by Crippen LogP contribution is 2.75. The zero-order valence-corrected chi connectivity index (χ0v) is 23.7. The molecule has 0 spiro atoms. The van der Waals surface area contributed by atoms with Gasteiger partial charge in [0.1, 0.15) is 6.10 Å². The SMILES string of the molecule is CC(=O)O[C@H]1CC[C@]2(C)[C@H]3CC[C@]4(C)C(=CC[C@@]5(C)CC[C@@H](C)[C@H](C)[C@H]54)[C@]3(C)CC[C@H]2C1(C)C. The van der Waals surface area contributed by atoms with Crippen molar-refractivity contribution in [1.29, 1.82) is 0 Å². The molecule has 0 heterocycles. The number of ether oxygens (including phenoxy) is 1. The third kappa shape index (κ3) is 3.14. The molecule has 0 unspecified atom stereocenters. The molecule has 2 nitrogen and oxygen atoms in total. The molecule has 10 atom stereocenters. The van der Waals surface area contributed by atoms with Crippen molar-refractivity contribution in [1.82, 2.24) is 0 Å². The molecule has 2 heteroatoms. The molecule has 0 bridgehead atoms. The molecule has 4 saturated carbocycles. The topological polar surface area (TPSA) is 26.3 Å². The molecule has 4 fully saturated rings. The number of allylic oxidation sites excluding steroid dienone is 2. The predicted octanol–water partition coefficient (Wildman–Crippen LogP) is 8.60. The average molecular weight is 469 g/mol. The van der Waals surface area contributed by atoms with Crippen molar-refractivity contribution in [3.05, 3.63) is 11.6 Å². The van der Waals surface area contributed by atoms with E-state index in [0.717, 1.165) is 30.1 Å². The van der Waals surface area contributed by atoms with E-state index in [1.54, 1.807) is 6.92 Å². The van der Waals surface area contributed by atoms with Crippen LogP contribution in [-0.2, 0) is 9.53 Å². The summed E-state index contributed by atoms with van der Waals surface area (Å²) in [6, 6.07) is 0. The van der Waals surface area contributed by atoms with Crippen molar-refractivity contribution in [3.8, 4) is 0 Å². The van der Waals surface area contributed by atoms with E-state index in [4.69, 9.17) is 4.74 Å². The Balaban J connectivity index is 1.52. The van der Waals surface area contributed by atoms with Gasteiger partial charge in [-0.2, -0.15) is 0 Å². The maximum Gasteiger partial charge on any atom is 0.302 e. The quantitative estimate of drug-likeness (QED) is 0.284. The van der Waals surface area contributed by atoms with Gasteiger partial charge in [0.05, 0.1) is 0 Å².